The van der Waals surface area contributed by atoms with Crippen molar-refractivity contribution < 1.29 is 9.53 Å². The van der Waals surface area contributed by atoms with E-state index >= 15 is 0 Å². The Morgan fingerprint density at radius 3 is 2.59 bits per heavy atom. The van der Waals surface area contributed by atoms with Gasteiger partial charge in [-0.2, -0.15) is 0 Å². The Hall–Kier alpha value is -1.62. The fourth-order valence-corrected chi connectivity index (χ4v) is 2.76. The second kappa shape index (κ2) is 8.73. The van der Waals surface area contributed by atoms with E-state index in [1.165, 1.54) is 12.8 Å². The molecule has 0 aromatic heterocycles. The van der Waals surface area contributed by atoms with Crippen LogP contribution < -0.4 is 15.4 Å². The van der Waals surface area contributed by atoms with Crippen LogP contribution in [0, 0.1) is 0 Å². The molecule has 0 atom stereocenters. The van der Waals surface area contributed by atoms with E-state index in [9.17, 15) is 4.79 Å². The molecule has 0 radical (unpaired) electrons. The van der Waals surface area contributed by atoms with E-state index in [4.69, 9.17) is 17.0 Å². The van der Waals surface area contributed by atoms with Gasteiger partial charge in [0.15, 0.2) is 5.11 Å². The molecule has 0 spiro atoms. The second-order valence-corrected chi connectivity index (χ2v) is 6.04. The number of amides is 1. The van der Waals surface area contributed by atoms with Crippen molar-refractivity contribution in [2.45, 2.75) is 51.5 Å². The minimum absolute atomic E-state index is 0.185. The van der Waals surface area contributed by atoms with Crippen molar-refractivity contribution in [3.8, 4) is 5.75 Å². The first-order valence-corrected chi connectivity index (χ1v) is 8.44. The molecule has 1 aliphatic carbocycles. The molecule has 1 saturated carbocycles. The predicted molar refractivity (Wildman–Crippen MR) is 92.3 cm³/mol. The van der Waals surface area contributed by atoms with Gasteiger partial charge in [0.2, 0.25) is 0 Å². The topological polar surface area (TPSA) is 50.4 Å². The molecule has 1 amide bonds. The van der Waals surface area contributed by atoms with Gasteiger partial charge < -0.3 is 10.1 Å². The molecule has 2 N–H and O–H groups in total. The van der Waals surface area contributed by atoms with Gasteiger partial charge in [0.25, 0.3) is 5.91 Å². The lowest BCUT2D eigenvalue weighted by Gasteiger charge is -2.15. The first-order chi connectivity index (χ1) is 10.7. The monoisotopic (exact) mass is 320 g/mol. The molecule has 120 valence electrons. The average Bonchev–Trinajstić information content (AvgIpc) is 3.01. The number of benzene rings is 1. The molecule has 1 aromatic rings. The van der Waals surface area contributed by atoms with Crippen molar-refractivity contribution in [2.75, 3.05) is 6.61 Å². The molecule has 1 aliphatic rings. The predicted octanol–water partition coefficient (Wildman–Crippen LogP) is 3.41. The molecule has 0 saturated heterocycles. The average molecular weight is 320 g/mol. The van der Waals surface area contributed by atoms with Crippen LogP contribution in [0.25, 0.3) is 0 Å². The van der Waals surface area contributed by atoms with E-state index in [1.807, 2.05) is 12.1 Å². The van der Waals surface area contributed by atoms with Gasteiger partial charge in [-0.25, -0.2) is 0 Å². The van der Waals surface area contributed by atoms with Gasteiger partial charge in [-0.3, -0.25) is 10.1 Å². The largest absolute Gasteiger partial charge is 0.494 e. The highest BCUT2D eigenvalue weighted by molar-refractivity contribution is 7.80. The summed E-state index contributed by atoms with van der Waals surface area (Å²) < 4.78 is 5.58. The van der Waals surface area contributed by atoms with Crippen LogP contribution in [0.3, 0.4) is 0 Å². The van der Waals surface area contributed by atoms with Crippen molar-refractivity contribution in [3.63, 3.8) is 0 Å². The minimum Gasteiger partial charge on any atom is -0.494 e. The van der Waals surface area contributed by atoms with E-state index in [0.29, 0.717) is 23.3 Å². The maximum Gasteiger partial charge on any atom is 0.257 e. The number of hydrogen-bond donors (Lipinski definition) is 2. The van der Waals surface area contributed by atoms with Gasteiger partial charge in [0.05, 0.1) is 6.61 Å². The number of thiocarbonyl (C=S) groups is 1. The molecule has 2 rings (SSSR count). The molecule has 0 unspecified atom stereocenters. The zero-order valence-electron chi connectivity index (χ0n) is 13.1. The summed E-state index contributed by atoms with van der Waals surface area (Å²) in [5, 5.41) is 6.35. The highest BCUT2D eigenvalue weighted by Crippen LogP contribution is 2.17. The van der Waals surface area contributed by atoms with E-state index in [2.05, 4.69) is 17.6 Å². The van der Waals surface area contributed by atoms with Gasteiger partial charge in [0.1, 0.15) is 5.75 Å². The lowest BCUT2D eigenvalue weighted by molar-refractivity contribution is 0.0976. The van der Waals surface area contributed by atoms with Gasteiger partial charge in [-0.15, -0.1) is 0 Å². The van der Waals surface area contributed by atoms with Crippen LogP contribution in [-0.4, -0.2) is 23.7 Å². The Balaban J connectivity index is 1.79. The zero-order chi connectivity index (χ0) is 15.8. The molecule has 0 heterocycles. The van der Waals surface area contributed by atoms with Crippen molar-refractivity contribution in [1.82, 2.24) is 10.6 Å². The summed E-state index contributed by atoms with van der Waals surface area (Å²) in [5.74, 6) is 0.604. The maximum absolute atomic E-state index is 12.1. The quantitative estimate of drug-likeness (QED) is 0.623. The van der Waals surface area contributed by atoms with Crippen LogP contribution >= 0.6 is 12.2 Å². The van der Waals surface area contributed by atoms with Gasteiger partial charge in [0, 0.05) is 11.6 Å². The lowest BCUT2D eigenvalue weighted by atomic mass is 10.2. The normalized spacial score (nSPS) is 14.6. The summed E-state index contributed by atoms with van der Waals surface area (Å²) in [4.78, 5) is 12.1. The maximum atomic E-state index is 12.1. The number of carbonyl (C=O) groups excluding carboxylic acids is 1. The van der Waals surface area contributed by atoms with Crippen molar-refractivity contribution >= 4 is 23.2 Å². The van der Waals surface area contributed by atoms with E-state index in [0.717, 1.165) is 31.4 Å². The molecule has 0 bridgehead atoms. The summed E-state index contributed by atoms with van der Waals surface area (Å²) in [6, 6.07) is 7.56. The number of carbonyl (C=O) groups is 1. The summed E-state index contributed by atoms with van der Waals surface area (Å²) in [7, 11) is 0. The Bertz CT molecular complexity index is 496. The first kappa shape index (κ1) is 16.7. The smallest absolute Gasteiger partial charge is 0.257 e. The summed E-state index contributed by atoms with van der Waals surface area (Å²) in [6.45, 7) is 2.83. The molecule has 1 fully saturated rings. The molecule has 22 heavy (non-hydrogen) atoms. The van der Waals surface area contributed by atoms with E-state index in [1.54, 1.807) is 12.1 Å². The summed E-state index contributed by atoms with van der Waals surface area (Å²) in [5.41, 5.74) is 0.582. The van der Waals surface area contributed by atoms with Crippen LogP contribution in [0.4, 0.5) is 0 Å². The zero-order valence-corrected chi connectivity index (χ0v) is 13.9. The molecular weight excluding hydrogens is 296 g/mol. The third-order valence-corrected chi connectivity index (χ3v) is 4.02. The van der Waals surface area contributed by atoms with Crippen LogP contribution in [0.5, 0.6) is 5.75 Å². The second-order valence-electron chi connectivity index (χ2n) is 5.64. The minimum atomic E-state index is -0.185. The number of ether oxygens (including phenoxy) is 1. The molecule has 4 nitrogen and oxygen atoms in total. The molecule has 1 aromatic carbocycles. The fraction of sp³-hybridized carbons (Fsp3) is 0.529. The van der Waals surface area contributed by atoms with Gasteiger partial charge in [-0.05, 0) is 55.7 Å². The fourth-order valence-electron chi connectivity index (χ4n) is 2.50. The van der Waals surface area contributed by atoms with Crippen LogP contribution in [-0.2, 0) is 0 Å². The number of rotatable bonds is 6. The Kier molecular flexibility index (Phi) is 6.65. The standard InChI is InChI=1S/C17H24N2O2S/c1-2-3-12-21-15-10-8-13(9-11-15)16(20)19-17(22)18-14-6-4-5-7-14/h8-11,14H,2-7,12H2,1H3,(H2,18,19,20,22). The Morgan fingerprint density at radius 2 is 1.95 bits per heavy atom. The Labute approximate surface area is 137 Å². The lowest BCUT2D eigenvalue weighted by Crippen LogP contribution is -2.43. The Morgan fingerprint density at radius 1 is 1.27 bits per heavy atom. The SMILES string of the molecule is CCCCOc1ccc(C(=O)NC(=S)NC2CCCC2)cc1. The van der Waals surface area contributed by atoms with Crippen molar-refractivity contribution in [2.24, 2.45) is 0 Å². The third-order valence-electron chi connectivity index (χ3n) is 3.80. The number of unbranched alkanes of at least 4 members (excludes halogenated alkanes) is 1. The summed E-state index contributed by atoms with van der Waals surface area (Å²) >= 11 is 5.20. The first-order valence-electron chi connectivity index (χ1n) is 8.03. The van der Waals surface area contributed by atoms with E-state index in [-0.39, 0.29) is 5.91 Å². The summed E-state index contributed by atoms with van der Waals surface area (Å²) in [6.07, 6.45) is 6.84. The third kappa shape index (κ3) is 5.30. The molecule has 5 heteroatoms. The molecule has 0 aliphatic heterocycles. The van der Waals surface area contributed by atoms with Crippen LogP contribution in [0.15, 0.2) is 24.3 Å². The van der Waals surface area contributed by atoms with Crippen LogP contribution in [0.1, 0.15) is 55.8 Å². The van der Waals surface area contributed by atoms with Gasteiger partial charge >= 0.3 is 0 Å². The van der Waals surface area contributed by atoms with Crippen molar-refractivity contribution in [1.29, 1.82) is 0 Å². The highest BCUT2D eigenvalue weighted by atomic mass is 32.1. The highest BCUT2D eigenvalue weighted by Gasteiger charge is 2.16. The number of nitrogens with one attached hydrogen (secondary N) is 2. The number of hydrogen-bond acceptors (Lipinski definition) is 3. The van der Waals surface area contributed by atoms with Crippen LogP contribution in [0.2, 0.25) is 0 Å². The molecular formula is C17H24N2O2S. The van der Waals surface area contributed by atoms with Gasteiger partial charge in [-0.1, -0.05) is 26.2 Å². The van der Waals surface area contributed by atoms with E-state index < -0.39 is 0 Å². The van der Waals surface area contributed by atoms with Crippen molar-refractivity contribution in [3.05, 3.63) is 29.8 Å².